The molecule has 0 saturated heterocycles. The van der Waals surface area contributed by atoms with E-state index < -0.39 is 0 Å². The molecule has 3 aromatic heterocycles. The number of ether oxygens (including phenoxy) is 1. The zero-order chi connectivity index (χ0) is 19.1. The van der Waals surface area contributed by atoms with Crippen LogP contribution in [0, 0.1) is 0 Å². The second-order valence-corrected chi connectivity index (χ2v) is 6.28. The zero-order valence-corrected chi connectivity index (χ0v) is 14.9. The molecule has 28 heavy (non-hydrogen) atoms. The van der Waals surface area contributed by atoms with Crippen molar-refractivity contribution in [2.45, 2.75) is 6.61 Å². The number of phenols is 1. The third-order valence-corrected chi connectivity index (χ3v) is 4.47. The molecule has 0 bridgehead atoms. The summed E-state index contributed by atoms with van der Waals surface area (Å²) in [6, 6.07) is 8.68. The highest BCUT2D eigenvalue weighted by atomic mass is 16.5. The Morgan fingerprint density at radius 2 is 2.07 bits per heavy atom. The summed E-state index contributed by atoms with van der Waals surface area (Å²) in [5, 5.41) is 26.9. The Morgan fingerprint density at radius 3 is 2.79 bits per heavy atom. The second-order valence-electron chi connectivity index (χ2n) is 6.28. The van der Waals surface area contributed by atoms with Gasteiger partial charge in [0.15, 0.2) is 17.3 Å². The van der Waals surface area contributed by atoms with Crippen molar-refractivity contribution in [1.29, 1.82) is 0 Å². The number of aryl methyl sites for hydroxylation is 1. The van der Waals surface area contributed by atoms with Gasteiger partial charge in [0.25, 0.3) is 0 Å². The highest BCUT2D eigenvalue weighted by Crippen LogP contribution is 2.31. The van der Waals surface area contributed by atoms with Crippen LogP contribution in [0.2, 0.25) is 0 Å². The van der Waals surface area contributed by atoms with Crippen LogP contribution in [-0.4, -0.2) is 39.7 Å². The molecule has 0 spiro atoms. The number of fused-ring (bicyclic) bond motifs is 1. The first-order chi connectivity index (χ1) is 13.7. The number of aromatic nitrogens is 7. The Bertz CT molecular complexity index is 1250. The summed E-state index contributed by atoms with van der Waals surface area (Å²) in [7, 11) is 1.81. The number of hydrogen-bond acceptors (Lipinski definition) is 7. The maximum absolute atomic E-state index is 9.78. The van der Waals surface area contributed by atoms with Gasteiger partial charge < -0.3 is 9.84 Å². The van der Waals surface area contributed by atoms with Crippen molar-refractivity contribution in [1.82, 2.24) is 34.6 Å². The van der Waals surface area contributed by atoms with Crippen LogP contribution < -0.4 is 4.74 Å². The predicted octanol–water partition coefficient (Wildman–Crippen LogP) is 2.16. The van der Waals surface area contributed by atoms with Crippen molar-refractivity contribution in [2.75, 3.05) is 0 Å². The molecule has 5 rings (SSSR count). The van der Waals surface area contributed by atoms with Gasteiger partial charge in [-0.15, -0.1) is 15.3 Å². The normalized spacial score (nSPS) is 12.8. The molecule has 0 fully saturated rings. The van der Waals surface area contributed by atoms with Crippen molar-refractivity contribution in [3.8, 4) is 23.0 Å². The molecular weight excluding hydrogens is 358 g/mol. The quantitative estimate of drug-likeness (QED) is 0.572. The summed E-state index contributed by atoms with van der Waals surface area (Å²) in [5.41, 5.74) is 3.12. The molecule has 1 aromatic carbocycles. The average Bonchev–Trinajstić information content (AvgIpc) is 3.24. The Hall–Kier alpha value is -4.01. The minimum atomic E-state index is 0.148. The van der Waals surface area contributed by atoms with E-state index in [0.29, 0.717) is 28.7 Å². The first-order valence-electron chi connectivity index (χ1n) is 8.59. The zero-order valence-electron chi connectivity index (χ0n) is 14.9. The van der Waals surface area contributed by atoms with Gasteiger partial charge in [0.1, 0.15) is 18.7 Å². The lowest BCUT2D eigenvalue weighted by molar-refractivity contribution is 0.273. The monoisotopic (exact) mass is 373 g/mol. The summed E-state index contributed by atoms with van der Waals surface area (Å²) in [4.78, 5) is 4.18. The Morgan fingerprint density at radius 1 is 1.18 bits per heavy atom. The summed E-state index contributed by atoms with van der Waals surface area (Å²) in [6.07, 6.45) is 7.39. The van der Waals surface area contributed by atoms with Gasteiger partial charge in [0, 0.05) is 18.2 Å². The molecule has 1 N–H and O–H groups in total. The maximum atomic E-state index is 9.78. The summed E-state index contributed by atoms with van der Waals surface area (Å²) >= 11 is 0. The van der Waals surface area contributed by atoms with Crippen LogP contribution in [0.3, 0.4) is 0 Å². The third kappa shape index (κ3) is 2.69. The lowest BCUT2D eigenvalue weighted by Crippen LogP contribution is -2.09. The molecule has 3 heterocycles. The van der Waals surface area contributed by atoms with Crippen LogP contribution in [0.1, 0.15) is 11.4 Å². The van der Waals surface area contributed by atoms with E-state index in [0.717, 1.165) is 11.1 Å². The lowest BCUT2D eigenvalue weighted by Gasteiger charge is -2.14. The molecule has 0 aliphatic heterocycles. The molecule has 1 aliphatic rings. The van der Waals surface area contributed by atoms with Crippen LogP contribution >= 0.6 is 0 Å². The molecule has 1 aliphatic carbocycles. The minimum absolute atomic E-state index is 0.148. The van der Waals surface area contributed by atoms with Crippen molar-refractivity contribution in [2.24, 2.45) is 7.05 Å². The van der Waals surface area contributed by atoms with E-state index in [1.807, 2.05) is 30.4 Å². The molecule has 0 saturated carbocycles. The van der Waals surface area contributed by atoms with Crippen LogP contribution in [0.15, 0.2) is 54.9 Å². The average molecular weight is 373 g/mol. The van der Waals surface area contributed by atoms with E-state index in [-0.39, 0.29) is 12.4 Å². The number of hydrogen-bond donors (Lipinski definition) is 1. The summed E-state index contributed by atoms with van der Waals surface area (Å²) < 4.78 is 9.23. The van der Waals surface area contributed by atoms with E-state index in [1.54, 1.807) is 34.4 Å². The van der Waals surface area contributed by atoms with Gasteiger partial charge in [-0.25, -0.2) is 4.98 Å². The molecular formula is C19H15N7O2. The number of nitrogens with zero attached hydrogens (tertiary/aromatic N) is 7. The largest absolute Gasteiger partial charge is 0.508 e. The van der Waals surface area contributed by atoms with Gasteiger partial charge in [0.05, 0.1) is 0 Å². The van der Waals surface area contributed by atoms with Crippen molar-refractivity contribution in [3.05, 3.63) is 66.3 Å². The Kier molecular flexibility index (Phi) is 3.64. The van der Waals surface area contributed by atoms with Crippen molar-refractivity contribution < 1.29 is 9.84 Å². The fourth-order valence-corrected chi connectivity index (χ4v) is 2.91. The van der Waals surface area contributed by atoms with Crippen molar-refractivity contribution in [3.63, 3.8) is 0 Å². The highest BCUT2D eigenvalue weighted by molar-refractivity contribution is 5.84. The Balaban J connectivity index is 1.59. The highest BCUT2D eigenvalue weighted by Gasteiger charge is 2.18. The van der Waals surface area contributed by atoms with Gasteiger partial charge in [0.2, 0.25) is 5.88 Å². The lowest BCUT2D eigenvalue weighted by atomic mass is 10.0. The topological polar surface area (TPSA) is 103 Å². The van der Waals surface area contributed by atoms with Crippen LogP contribution in [-0.2, 0) is 13.7 Å². The summed E-state index contributed by atoms with van der Waals surface area (Å²) in [6.45, 7) is 0.225. The fourth-order valence-electron chi connectivity index (χ4n) is 2.91. The van der Waals surface area contributed by atoms with Crippen LogP contribution in [0.25, 0.3) is 22.6 Å². The first kappa shape index (κ1) is 16.2. The molecule has 9 nitrogen and oxygen atoms in total. The van der Waals surface area contributed by atoms with Gasteiger partial charge in [-0.1, -0.05) is 30.4 Å². The SMILES string of the molecule is Cn1ncnc1COc1nn2c(-c3cccc(O)c3)nnc2cc1C1=CC=C1. The van der Waals surface area contributed by atoms with Crippen LogP contribution in [0.5, 0.6) is 11.6 Å². The molecule has 138 valence electrons. The van der Waals surface area contributed by atoms with Gasteiger partial charge >= 0.3 is 0 Å². The number of aromatic hydroxyl groups is 1. The molecule has 0 unspecified atom stereocenters. The van der Waals surface area contributed by atoms with E-state index in [2.05, 4.69) is 25.4 Å². The van der Waals surface area contributed by atoms with E-state index in [1.165, 1.54) is 6.33 Å². The van der Waals surface area contributed by atoms with Crippen molar-refractivity contribution >= 4 is 11.2 Å². The number of rotatable bonds is 5. The number of benzene rings is 1. The number of phenolic OH excluding ortho intramolecular Hbond substituents is 1. The van der Waals surface area contributed by atoms with E-state index in [9.17, 15) is 5.11 Å². The summed E-state index contributed by atoms with van der Waals surface area (Å²) in [5.74, 6) is 1.78. The molecule has 0 radical (unpaired) electrons. The predicted molar refractivity (Wildman–Crippen MR) is 100 cm³/mol. The van der Waals surface area contributed by atoms with Gasteiger partial charge in [-0.05, 0) is 23.8 Å². The smallest absolute Gasteiger partial charge is 0.240 e. The van der Waals surface area contributed by atoms with Gasteiger partial charge in [-0.3, -0.25) is 4.68 Å². The molecule has 0 atom stereocenters. The minimum Gasteiger partial charge on any atom is -0.508 e. The third-order valence-electron chi connectivity index (χ3n) is 4.47. The first-order valence-corrected chi connectivity index (χ1v) is 8.59. The number of allylic oxidation sites excluding steroid dienone is 4. The molecule has 0 amide bonds. The van der Waals surface area contributed by atoms with E-state index in [4.69, 9.17) is 4.74 Å². The van der Waals surface area contributed by atoms with E-state index >= 15 is 0 Å². The second kappa shape index (κ2) is 6.31. The standard InChI is InChI=1S/C19H15N7O2/c1-25-17(20-11-21-25)10-28-19-15(12-4-2-5-12)9-16-22-23-18(26(16)24-19)13-6-3-7-14(27)8-13/h2-9,11,27H,10H2,1H3. The molecule has 4 aromatic rings. The fraction of sp³-hybridized carbons (Fsp3) is 0.105. The Labute approximate surface area is 159 Å². The maximum Gasteiger partial charge on any atom is 0.240 e. The molecule has 9 heteroatoms. The van der Waals surface area contributed by atoms with Crippen LogP contribution in [0.4, 0.5) is 0 Å². The van der Waals surface area contributed by atoms with Gasteiger partial charge in [-0.2, -0.15) is 9.61 Å².